The number of fused-ring (bicyclic) bond motifs is 1. The molecule has 1 heterocycles. The molecule has 2 aromatic carbocycles. The van der Waals surface area contributed by atoms with Gasteiger partial charge in [0, 0.05) is 41.8 Å². The van der Waals surface area contributed by atoms with E-state index in [-0.39, 0.29) is 23.7 Å². The molecule has 1 N–H and O–H groups in total. The van der Waals surface area contributed by atoms with Crippen molar-refractivity contribution in [3.05, 3.63) is 98.9 Å². The normalized spacial score (nSPS) is 20.2. The molecule has 0 bridgehead atoms. The summed E-state index contributed by atoms with van der Waals surface area (Å²) < 4.78 is 5.59. The van der Waals surface area contributed by atoms with Crippen molar-refractivity contribution in [2.75, 3.05) is 6.61 Å². The van der Waals surface area contributed by atoms with Crippen LogP contribution in [0.4, 0.5) is 5.69 Å². The molecule has 4 rings (SSSR count). The van der Waals surface area contributed by atoms with E-state index in [1.165, 1.54) is 6.07 Å². The first kappa shape index (κ1) is 21.5. The second kappa shape index (κ2) is 9.18. The van der Waals surface area contributed by atoms with E-state index in [2.05, 4.69) is 5.32 Å². The second-order valence-electron chi connectivity index (χ2n) is 7.97. The fraction of sp³-hybridized carbons (Fsp3) is 0.280. The summed E-state index contributed by atoms with van der Waals surface area (Å²) in [7, 11) is 0. The molecule has 2 aromatic rings. The largest absolute Gasteiger partial charge is 0.462 e. The van der Waals surface area contributed by atoms with Crippen LogP contribution in [0.2, 0.25) is 0 Å². The molecule has 2 aliphatic rings. The van der Waals surface area contributed by atoms with E-state index < -0.39 is 22.7 Å². The molecular formula is C25H24N2O5. The summed E-state index contributed by atoms with van der Waals surface area (Å²) in [6.07, 6.45) is 3.43. The maximum Gasteiger partial charge on any atom is 0.336 e. The number of ether oxygens (including phenoxy) is 1. The van der Waals surface area contributed by atoms with Crippen molar-refractivity contribution in [1.82, 2.24) is 5.32 Å². The number of nitro groups is 1. The minimum absolute atomic E-state index is 0.0414. The Balaban J connectivity index is 1.70. The molecule has 164 valence electrons. The van der Waals surface area contributed by atoms with Gasteiger partial charge in [-0.05, 0) is 18.9 Å². The standard InChI is InChI=1S/C25H24N2O5/c1-16-22(25(29)32-15-14-17-8-3-2-4-9-17)23(18-10-5-6-12-20(18)27(30)31)24-19(26-16)11-7-13-21(24)28/h2-6,8-12,23-24,26H,7,13-15H2,1H3. The highest BCUT2D eigenvalue weighted by molar-refractivity contribution is 5.96. The number of hydrogen-bond acceptors (Lipinski definition) is 6. The van der Waals surface area contributed by atoms with E-state index in [4.69, 9.17) is 4.74 Å². The molecule has 1 aliphatic carbocycles. The number of nitrogens with zero attached hydrogens (tertiary/aromatic N) is 1. The molecule has 1 aliphatic heterocycles. The summed E-state index contributed by atoms with van der Waals surface area (Å²) in [4.78, 5) is 37.4. The first-order valence-electron chi connectivity index (χ1n) is 10.6. The van der Waals surface area contributed by atoms with Crippen LogP contribution in [0, 0.1) is 16.0 Å². The third kappa shape index (κ3) is 4.19. The number of allylic oxidation sites excluding steroid dienone is 3. The summed E-state index contributed by atoms with van der Waals surface area (Å²) in [5, 5.41) is 14.9. The summed E-state index contributed by atoms with van der Waals surface area (Å²) in [6.45, 7) is 1.91. The van der Waals surface area contributed by atoms with Gasteiger partial charge in [0.05, 0.1) is 23.0 Å². The first-order chi connectivity index (χ1) is 15.5. The Morgan fingerprint density at radius 1 is 1.12 bits per heavy atom. The molecule has 7 nitrogen and oxygen atoms in total. The average Bonchev–Trinajstić information content (AvgIpc) is 2.79. The van der Waals surface area contributed by atoms with Gasteiger partial charge >= 0.3 is 5.97 Å². The quantitative estimate of drug-likeness (QED) is 0.417. The molecule has 0 aromatic heterocycles. The number of carbonyl (C=O) groups excluding carboxylic acids is 2. The van der Waals surface area contributed by atoms with Gasteiger partial charge in [0.15, 0.2) is 0 Å². The summed E-state index contributed by atoms with van der Waals surface area (Å²) in [6, 6.07) is 16.0. The van der Waals surface area contributed by atoms with Crippen molar-refractivity contribution >= 4 is 17.4 Å². The zero-order valence-corrected chi connectivity index (χ0v) is 17.7. The van der Waals surface area contributed by atoms with Gasteiger partial charge < -0.3 is 10.1 Å². The van der Waals surface area contributed by atoms with Crippen molar-refractivity contribution in [2.24, 2.45) is 5.92 Å². The number of hydrogen-bond donors (Lipinski definition) is 1. The van der Waals surface area contributed by atoms with Crippen LogP contribution in [0.15, 0.2) is 77.6 Å². The molecule has 2 unspecified atom stereocenters. The zero-order chi connectivity index (χ0) is 22.7. The van der Waals surface area contributed by atoms with Crippen molar-refractivity contribution < 1.29 is 19.2 Å². The predicted octanol–water partition coefficient (Wildman–Crippen LogP) is 4.20. The number of benzene rings is 2. The van der Waals surface area contributed by atoms with Crippen LogP contribution >= 0.6 is 0 Å². The highest BCUT2D eigenvalue weighted by Crippen LogP contribution is 2.46. The SMILES string of the molecule is CC1=C(C(=O)OCCc2ccccc2)C(c2ccccc2[N+](=O)[O-])C2C(=O)CCC=C2N1. The Kier molecular flexibility index (Phi) is 6.16. The highest BCUT2D eigenvalue weighted by atomic mass is 16.6. The van der Waals surface area contributed by atoms with Crippen LogP contribution < -0.4 is 5.32 Å². The van der Waals surface area contributed by atoms with Gasteiger partial charge in [0.25, 0.3) is 5.69 Å². The second-order valence-corrected chi connectivity index (χ2v) is 7.97. The molecule has 0 fully saturated rings. The van der Waals surface area contributed by atoms with Crippen LogP contribution in [0.3, 0.4) is 0 Å². The minimum Gasteiger partial charge on any atom is -0.462 e. The topological polar surface area (TPSA) is 98.5 Å². The Labute approximate surface area is 185 Å². The number of carbonyl (C=O) groups is 2. The molecule has 0 saturated carbocycles. The van der Waals surface area contributed by atoms with Gasteiger partial charge in [0.1, 0.15) is 5.78 Å². The fourth-order valence-corrected chi connectivity index (χ4v) is 4.52. The van der Waals surface area contributed by atoms with Crippen LogP contribution in [-0.4, -0.2) is 23.3 Å². The van der Waals surface area contributed by atoms with Crippen LogP contribution in [0.25, 0.3) is 0 Å². The van der Waals surface area contributed by atoms with E-state index in [0.717, 1.165) is 5.56 Å². The number of para-hydroxylation sites is 1. The Bertz CT molecular complexity index is 1120. The molecule has 2 atom stereocenters. The minimum atomic E-state index is -0.777. The van der Waals surface area contributed by atoms with E-state index in [0.29, 0.717) is 36.2 Å². The fourth-order valence-electron chi connectivity index (χ4n) is 4.52. The molecular weight excluding hydrogens is 408 g/mol. The van der Waals surface area contributed by atoms with E-state index >= 15 is 0 Å². The summed E-state index contributed by atoms with van der Waals surface area (Å²) in [5.41, 5.74) is 2.79. The van der Waals surface area contributed by atoms with Crippen molar-refractivity contribution in [3.63, 3.8) is 0 Å². The first-order valence-corrected chi connectivity index (χ1v) is 10.6. The molecule has 0 radical (unpaired) electrons. The monoisotopic (exact) mass is 432 g/mol. The molecule has 32 heavy (non-hydrogen) atoms. The average molecular weight is 432 g/mol. The molecule has 0 spiro atoms. The Morgan fingerprint density at radius 2 is 1.84 bits per heavy atom. The number of nitrogens with one attached hydrogen (secondary N) is 1. The van der Waals surface area contributed by atoms with Gasteiger partial charge in [-0.1, -0.05) is 54.6 Å². The molecule has 0 amide bonds. The number of Topliss-reactive ketones (excluding diaryl/α,β-unsaturated/α-hetero) is 1. The smallest absolute Gasteiger partial charge is 0.336 e. The Morgan fingerprint density at radius 3 is 2.59 bits per heavy atom. The summed E-state index contributed by atoms with van der Waals surface area (Å²) in [5.74, 6) is -2.06. The predicted molar refractivity (Wildman–Crippen MR) is 119 cm³/mol. The van der Waals surface area contributed by atoms with Crippen LogP contribution in [-0.2, 0) is 20.7 Å². The maximum absolute atomic E-state index is 13.2. The van der Waals surface area contributed by atoms with Gasteiger partial charge in [-0.2, -0.15) is 0 Å². The Hall–Kier alpha value is -3.74. The third-order valence-electron chi connectivity index (χ3n) is 5.97. The van der Waals surface area contributed by atoms with Gasteiger partial charge in [-0.25, -0.2) is 4.79 Å². The van der Waals surface area contributed by atoms with Crippen LogP contribution in [0.5, 0.6) is 0 Å². The lowest BCUT2D eigenvalue weighted by molar-refractivity contribution is -0.385. The lowest BCUT2D eigenvalue weighted by atomic mass is 9.70. The number of esters is 1. The zero-order valence-electron chi connectivity index (χ0n) is 17.7. The van der Waals surface area contributed by atoms with Crippen molar-refractivity contribution in [1.29, 1.82) is 0 Å². The lowest BCUT2D eigenvalue weighted by Gasteiger charge is -2.37. The van der Waals surface area contributed by atoms with Crippen molar-refractivity contribution in [2.45, 2.75) is 32.1 Å². The van der Waals surface area contributed by atoms with E-state index in [1.807, 2.05) is 36.4 Å². The molecule has 7 heteroatoms. The third-order valence-corrected chi connectivity index (χ3v) is 5.97. The van der Waals surface area contributed by atoms with Gasteiger partial charge in [-0.15, -0.1) is 0 Å². The lowest BCUT2D eigenvalue weighted by Crippen LogP contribution is -2.41. The highest BCUT2D eigenvalue weighted by Gasteiger charge is 2.45. The number of rotatable bonds is 6. The molecule has 0 saturated heterocycles. The summed E-state index contributed by atoms with van der Waals surface area (Å²) >= 11 is 0. The number of nitro benzene ring substituents is 1. The van der Waals surface area contributed by atoms with Gasteiger partial charge in [-0.3, -0.25) is 14.9 Å². The van der Waals surface area contributed by atoms with E-state index in [1.54, 1.807) is 25.1 Å². The van der Waals surface area contributed by atoms with Gasteiger partial charge in [0.2, 0.25) is 0 Å². The van der Waals surface area contributed by atoms with Crippen molar-refractivity contribution in [3.8, 4) is 0 Å². The number of ketones is 1. The van der Waals surface area contributed by atoms with Crippen LogP contribution in [0.1, 0.15) is 36.8 Å². The maximum atomic E-state index is 13.2. The van der Waals surface area contributed by atoms with E-state index in [9.17, 15) is 19.7 Å².